The lowest BCUT2D eigenvalue weighted by Crippen LogP contribution is -2.56. The van der Waals surface area contributed by atoms with E-state index in [0.717, 1.165) is 30.4 Å². The van der Waals surface area contributed by atoms with E-state index in [0.29, 0.717) is 6.42 Å². The molecule has 0 aliphatic carbocycles. The second-order valence-corrected chi connectivity index (χ2v) is 6.15. The summed E-state index contributed by atoms with van der Waals surface area (Å²) in [6.45, 7) is 10.7. The second kappa shape index (κ2) is 8.16. The van der Waals surface area contributed by atoms with Crippen LogP contribution in [0.4, 0.5) is 0 Å². The van der Waals surface area contributed by atoms with Gasteiger partial charge in [0.05, 0.1) is 6.10 Å². The van der Waals surface area contributed by atoms with E-state index in [1.54, 1.807) is 0 Å². The molecule has 0 aliphatic heterocycles. The second-order valence-electron chi connectivity index (χ2n) is 5.29. The molecule has 1 unspecified atom stereocenters. The third-order valence-corrected chi connectivity index (χ3v) is 5.38. The van der Waals surface area contributed by atoms with Crippen molar-refractivity contribution in [2.45, 2.75) is 58.6 Å². The number of hydrogen-bond donors (Lipinski definition) is 1. The van der Waals surface area contributed by atoms with Crippen molar-refractivity contribution < 1.29 is 5.11 Å². The zero-order valence-electron chi connectivity index (χ0n) is 13.2. The first-order chi connectivity index (χ1) is 9.55. The third kappa shape index (κ3) is 3.63. The van der Waals surface area contributed by atoms with Crippen LogP contribution in [0.2, 0.25) is 0 Å². The summed E-state index contributed by atoms with van der Waals surface area (Å²) in [6.07, 6.45) is 2.28. The summed E-state index contributed by atoms with van der Waals surface area (Å²) in [5, 5.41) is 10.9. The smallest absolute Gasteiger partial charge is 0.0764 e. The molecule has 0 fully saturated rings. The van der Waals surface area contributed by atoms with E-state index in [-0.39, 0.29) is 11.6 Å². The fourth-order valence-electron chi connectivity index (χ4n) is 3.29. The Hall–Kier alpha value is -0.380. The summed E-state index contributed by atoms with van der Waals surface area (Å²) in [7, 11) is 0. The van der Waals surface area contributed by atoms with E-state index in [1.165, 1.54) is 5.56 Å². The molecule has 20 heavy (non-hydrogen) atoms. The molecule has 3 heteroatoms. The number of nitrogens with zero attached hydrogens (tertiary/aromatic N) is 1. The standard InChI is InChI=1S/C17H28BrNO/c1-5-17(6-2,19(7-3)8-4)16(20)13-14-11-9-10-12-15(14)18/h9-12,16,20H,5-8,13H2,1-4H3. The Kier molecular flexibility index (Phi) is 7.21. The van der Waals surface area contributed by atoms with E-state index in [9.17, 15) is 5.11 Å². The van der Waals surface area contributed by atoms with Gasteiger partial charge in [-0.1, -0.05) is 61.8 Å². The van der Waals surface area contributed by atoms with Gasteiger partial charge in [-0.05, 0) is 37.6 Å². The van der Waals surface area contributed by atoms with Gasteiger partial charge in [0.25, 0.3) is 0 Å². The highest BCUT2D eigenvalue weighted by atomic mass is 79.9. The van der Waals surface area contributed by atoms with Gasteiger partial charge in [0.2, 0.25) is 0 Å². The van der Waals surface area contributed by atoms with Gasteiger partial charge in [-0.25, -0.2) is 0 Å². The Balaban J connectivity index is 3.00. The minimum atomic E-state index is -0.351. The van der Waals surface area contributed by atoms with Crippen LogP contribution in [0.5, 0.6) is 0 Å². The Morgan fingerprint density at radius 3 is 2.10 bits per heavy atom. The van der Waals surface area contributed by atoms with Crippen molar-refractivity contribution in [3.8, 4) is 0 Å². The molecule has 114 valence electrons. The maximum atomic E-state index is 10.9. The SMILES string of the molecule is CCN(CC)C(CC)(CC)C(O)Cc1ccccc1Br. The number of halogens is 1. The lowest BCUT2D eigenvalue weighted by molar-refractivity contribution is -0.0341. The Morgan fingerprint density at radius 1 is 1.10 bits per heavy atom. The third-order valence-electron chi connectivity index (χ3n) is 4.61. The van der Waals surface area contributed by atoms with Crippen LogP contribution in [0.25, 0.3) is 0 Å². The van der Waals surface area contributed by atoms with Crippen LogP contribution >= 0.6 is 15.9 Å². The maximum Gasteiger partial charge on any atom is 0.0764 e. The van der Waals surface area contributed by atoms with Crippen LogP contribution in [0.15, 0.2) is 28.7 Å². The monoisotopic (exact) mass is 341 g/mol. The van der Waals surface area contributed by atoms with E-state index in [4.69, 9.17) is 0 Å². The summed E-state index contributed by atoms with van der Waals surface area (Å²) < 4.78 is 1.08. The Labute approximate surface area is 132 Å². The fraction of sp³-hybridized carbons (Fsp3) is 0.647. The van der Waals surface area contributed by atoms with Crippen molar-refractivity contribution in [3.05, 3.63) is 34.3 Å². The number of benzene rings is 1. The highest BCUT2D eigenvalue weighted by Gasteiger charge is 2.38. The molecule has 0 saturated heterocycles. The number of hydrogen-bond acceptors (Lipinski definition) is 2. The van der Waals surface area contributed by atoms with Crippen molar-refractivity contribution in [1.29, 1.82) is 0 Å². The fourth-order valence-corrected chi connectivity index (χ4v) is 3.74. The quantitative estimate of drug-likeness (QED) is 0.763. The van der Waals surface area contributed by atoms with Gasteiger partial charge in [0.1, 0.15) is 0 Å². The Morgan fingerprint density at radius 2 is 1.65 bits per heavy atom. The van der Waals surface area contributed by atoms with Crippen LogP contribution < -0.4 is 0 Å². The molecule has 1 aromatic carbocycles. The van der Waals surface area contributed by atoms with E-state index >= 15 is 0 Å². The summed E-state index contributed by atoms with van der Waals surface area (Å²) >= 11 is 3.58. The molecule has 0 aliphatic rings. The molecule has 0 aromatic heterocycles. The average molecular weight is 342 g/mol. The van der Waals surface area contributed by atoms with Crippen molar-refractivity contribution >= 4 is 15.9 Å². The van der Waals surface area contributed by atoms with Crippen molar-refractivity contribution in [2.24, 2.45) is 0 Å². The molecule has 0 bridgehead atoms. The normalized spacial score (nSPS) is 13.8. The highest BCUT2D eigenvalue weighted by Crippen LogP contribution is 2.31. The lowest BCUT2D eigenvalue weighted by atomic mass is 9.81. The molecule has 1 atom stereocenters. The van der Waals surface area contributed by atoms with Crippen LogP contribution in [-0.4, -0.2) is 34.7 Å². The summed E-state index contributed by atoms with van der Waals surface area (Å²) in [6, 6.07) is 8.17. The predicted octanol–water partition coefficient (Wildman–Crippen LogP) is 4.25. The van der Waals surface area contributed by atoms with Crippen LogP contribution in [0.3, 0.4) is 0 Å². The van der Waals surface area contributed by atoms with E-state index in [2.05, 4.69) is 54.6 Å². The number of aliphatic hydroxyl groups excluding tert-OH is 1. The van der Waals surface area contributed by atoms with Crippen LogP contribution in [0.1, 0.15) is 46.1 Å². The molecule has 1 aromatic rings. The predicted molar refractivity (Wildman–Crippen MR) is 90.1 cm³/mol. The summed E-state index contributed by atoms with van der Waals surface area (Å²) in [5.41, 5.74) is 1.05. The van der Waals surface area contributed by atoms with E-state index < -0.39 is 0 Å². The average Bonchev–Trinajstić information content (AvgIpc) is 2.47. The van der Waals surface area contributed by atoms with Gasteiger partial charge in [-0.2, -0.15) is 0 Å². The number of rotatable bonds is 8. The first kappa shape index (κ1) is 17.7. The minimum absolute atomic E-state index is 0.126. The van der Waals surface area contributed by atoms with Crippen molar-refractivity contribution in [1.82, 2.24) is 4.90 Å². The number of aliphatic hydroxyl groups is 1. The van der Waals surface area contributed by atoms with Crippen LogP contribution in [0, 0.1) is 0 Å². The molecule has 0 amide bonds. The molecular weight excluding hydrogens is 314 g/mol. The van der Waals surface area contributed by atoms with Crippen molar-refractivity contribution in [2.75, 3.05) is 13.1 Å². The zero-order valence-corrected chi connectivity index (χ0v) is 14.8. The molecule has 0 saturated carbocycles. The first-order valence-electron chi connectivity index (χ1n) is 7.72. The molecule has 0 radical (unpaired) electrons. The number of likely N-dealkylation sites (N-methyl/N-ethyl adjacent to an activating group) is 1. The van der Waals surface area contributed by atoms with Gasteiger partial charge in [-0.15, -0.1) is 0 Å². The lowest BCUT2D eigenvalue weighted by Gasteiger charge is -2.46. The van der Waals surface area contributed by atoms with Gasteiger partial charge in [0.15, 0.2) is 0 Å². The van der Waals surface area contributed by atoms with Gasteiger partial charge in [0, 0.05) is 16.4 Å². The molecule has 1 N–H and O–H groups in total. The molecular formula is C17H28BrNO. The van der Waals surface area contributed by atoms with E-state index in [1.807, 2.05) is 18.2 Å². The van der Waals surface area contributed by atoms with Crippen LogP contribution in [-0.2, 0) is 6.42 Å². The topological polar surface area (TPSA) is 23.5 Å². The zero-order chi connectivity index (χ0) is 15.2. The van der Waals surface area contributed by atoms with Gasteiger partial charge < -0.3 is 5.11 Å². The molecule has 0 heterocycles. The van der Waals surface area contributed by atoms with Crippen molar-refractivity contribution in [3.63, 3.8) is 0 Å². The molecule has 0 spiro atoms. The highest BCUT2D eigenvalue weighted by molar-refractivity contribution is 9.10. The Bertz CT molecular complexity index is 400. The first-order valence-corrected chi connectivity index (χ1v) is 8.51. The molecule has 2 nitrogen and oxygen atoms in total. The van der Waals surface area contributed by atoms with Gasteiger partial charge >= 0.3 is 0 Å². The molecule has 1 rings (SSSR count). The maximum absolute atomic E-state index is 10.9. The van der Waals surface area contributed by atoms with Gasteiger partial charge in [-0.3, -0.25) is 4.90 Å². The summed E-state index contributed by atoms with van der Waals surface area (Å²) in [5.74, 6) is 0. The summed E-state index contributed by atoms with van der Waals surface area (Å²) in [4.78, 5) is 2.41. The minimum Gasteiger partial charge on any atom is -0.391 e. The largest absolute Gasteiger partial charge is 0.391 e.